The van der Waals surface area contributed by atoms with E-state index in [4.69, 9.17) is 4.74 Å². The third kappa shape index (κ3) is 4.71. The molecular weight excluding hydrogens is 651 g/mol. The van der Waals surface area contributed by atoms with Crippen LogP contribution in [0.5, 0.6) is 5.75 Å². The normalized spacial score (nSPS) is 11.7. The fourth-order valence-electron chi connectivity index (χ4n) is 1.98. The van der Waals surface area contributed by atoms with Crippen molar-refractivity contribution in [2.24, 2.45) is 0 Å². The first-order chi connectivity index (χ1) is 11.3. The van der Waals surface area contributed by atoms with Gasteiger partial charge in [-0.1, -0.05) is 30.3 Å². The molecule has 0 aromatic heterocycles. The van der Waals surface area contributed by atoms with Crippen molar-refractivity contribution >= 4 is 85.3 Å². The van der Waals surface area contributed by atoms with Crippen molar-refractivity contribution in [3.05, 3.63) is 52.7 Å². The second-order valence-corrected chi connectivity index (χ2v) is 8.19. The Balaban J connectivity index is 2.47. The number of hydrogen-bond acceptors (Lipinski definition) is 3. The molecule has 2 N–H and O–H groups in total. The minimum absolute atomic E-state index is 0.198. The highest BCUT2D eigenvalue weighted by Gasteiger charge is 2.25. The van der Waals surface area contributed by atoms with Crippen LogP contribution in [0.4, 0.5) is 5.69 Å². The Morgan fingerprint density at radius 2 is 1.75 bits per heavy atom. The number of ether oxygens (including phenoxy) is 1. The van der Waals surface area contributed by atoms with Crippen LogP contribution in [-0.4, -0.2) is 17.0 Å². The zero-order valence-corrected chi connectivity index (χ0v) is 18.8. The van der Waals surface area contributed by atoms with E-state index < -0.39 is 12.1 Å². The van der Waals surface area contributed by atoms with Crippen molar-refractivity contribution < 1.29 is 19.4 Å². The average Bonchev–Trinajstić information content (AvgIpc) is 2.51. The van der Waals surface area contributed by atoms with Crippen LogP contribution in [0.15, 0.2) is 36.4 Å². The summed E-state index contributed by atoms with van der Waals surface area (Å²) in [6, 6.07) is 10.6. The van der Waals surface area contributed by atoms with Crippen LogP contribution >= 0.6 is 67.8 Å². The lowest BCUT2D eigenvalue weighted by molar-refractivity contribution is -0.145. The van der Waals surface area contributed by atoms with Gasteiger partial charge in [0.15, 0.2) is 0 Å². The number of carbonyl (C=O) groups is 2. The summed E-state index contributed by atoms with van der Waals surface area (Å²) in [4.78, 5) is 23.1. The minimum Gasteiger partial charge on any atom is -0.478 e. The number of hydrogen-bond donors (Lipinski definition) is 2. The lowest BCUT2D eigenvalue weighted by Gasteiger charge is -2.20. The summed E-state index contributed by atoms with van der Waals surface area (Å²) in [6.45, 7) is 1.43. The number of carboxylic acids is 1. The van der Waals surface area contributed by atoms with Gasteiger partial charge in [-0.15, -0.1) is 0 Å². The van der Waals surface area contributed by atoms with Gasteiger partial charge in [0.25, 0.3) is 0 Å². The Morgan fingerprint density at radius 3 is 2.29 bits per heavy atom. The molecule has 0 heterocycles. The van der Waals surface area contributed by atoms with Crippen molar-refractivity contribution in [3.8, 4) is 5.75 Å². The second-order valence-electron chi connectivity index (χ2n) is 4.79. The molecule has 0 aliphatic carbocycles. The molecule has 0 aliphatic rings. The van der Waals surface area contributed by atoms with Crippen LogP contribution in [0.1, 0.15) is 18.6 Å². The molecule has 1 atom stereocenters. The monoisotopic (exact) mass is 663 g/mol. The molecule has 1 amide bonds. The van der Waals surface area contributed by atoms with Crippen LogP contribution in [0, 0.1) is 10.7 Å². The molecule has 0 saturated carbocycles. The van der Waals surface area contributed by atoms with Gasteiger partial charge in [0.2, 0.25) is 12.0 Å². The largest absolute Gasteiger partial charge is 0.478 e. The zero-order valence-electron chi connectivity index (χ0n) is 12.3. The number of amides is 1. The number of carboxylic acid groups (broad SMARTS) is 1. The SMILES string of the molecule is CC(=O)Nc1c(I)cc(I)c(OC(C(=O)O)c2ccccc2)c1I. The van der Waals surface area contributed by atoms with Crippen LogP contribution in [0.2, 0.25) is 0 Å². The first-order valence-corrected chi connectivity index (χ1v) is 9.94. The first kappa shape index (κ1) is 19.7. The summed E-state index contributed by atoms with van der Waals surface area (Å²) in [7, 11) is 0. The highest BCUT2D eigenvalue weighted by Crippen LogP contribution is 2.39. The predicted molar refractivity (Wildman–Crippen MR) is 116 cm³/mol. The molecule has 0 bridgehead atoms. The number of benzene rings is 2. The number of aliphatic carboxylic acids is 1. The Morgan fingerprint density at radius 1 is 1.12 bits per heavy atom. The summed E-state index contributed by atoms with van der Waals surface area (Å²) < 4.78 is 8.13. The molecule has 2 rings (SSSR count). The Kier molecular flexibility index (Phi) is 7.10. The Hall–Kier alpha value is -0.630. The predicted octanol–water partition coefficient (Wildman–Crippen LogP) is 4.66. The second kappa shape index (κ2) is 8.65. The van der Waals surface area contributed by atoms with Crippen LogP contribution in [0.3, 0.4) is 0 Å². The van der Waals surface area contributed by atoms with E-state index in [1.165, 1.54) is 6.92 Å². The molecule has 0 fully saturated rings. The summed E-state index contributed by atoms with van der Waals surface area (Å²) in [5.74, 6) is -0.833. The van der Waals surface area contributed by atoms with Crippen molar-refractivity contribution in [2.45, 2.75) is 13.0 Å². The maximum Gasteiger partial charge on any atom is 0.349 e. The van der Waals surface area contributed by atoms with Gasteiger partial charge >= 0.3 is 5.97 Å². The quantitative estimate of drug-likeness (QED) is 0.457. The molecule has 8 heteroatoms. The molecule has 1 unspecified atom stereocenters. The number of rotatable bonds is 5. The average molecular weight is 663 g/mol. The molecule has 2 aromatic rings. The topological polar surface area (TPSA) is 75.6 Å². The Labute approximate surface area is 180 Å². The van der Waals surface area contributed by atoms with Gasteiger partial charge in [-0.2, -0.15) is 0 Å². The third-order valence-corrected chi connectivity index (χ3v) is 5.67. The number of halogens is 3. The van der Waals surface area contributed by atoms with Gasteiger partial charge in [-0.3, -0.25) is 4.79 Å². The highest BCUT2D eigenvalue weighted by molar-refractivity contribution is 14.1. The van der Waals surface area contributed by atoms with E-state index in [9.17, 15) is 14.7 Å². The fourth-order valence-corrected chi connectivity index (χ4v) is 5.87. The molecule has 24 heavy (non-hydrogen) atoms. The zero-order chi connectivity index (χ0) is 17.9. The molecular formula is C16H12I3NO4. The van der Waals surface area contributed by atoms with Crippen LogP contribution < -0.4 is 10.1 Å². The first-order valence-electron chi connectivity index (χ1n) is 6.70. The van der Waals surface area contributed by atoms with Gasteiger partial charge in [0, 0.05) is 16.1 Å². The molecule has 0 aliphatic heterocycles. The van der Waals surface area contributed by atoms with Crippen molar-refractivity contribution in [1.82, 2.24) is 0 Å². The van der Waals surface area contributed by atoms with Gasteiger partial charge < -0.3 is 15.2 Å². The summed E-state index contributed by atoms with van der Waals surface area (Å²) in [5, 5.41) is 12.3. The van der Waals surface area contributed by atoms with E-state index in [-0.39, 0.29) is 5.91 Å². The highest BCUT2D eigenvalue weighted by atomic mass is 127. The minimum atomic E-state index is -1.13. The summed E-state index contributed by atoms with van der Waals surface area (Å²) >= 11 is 6.28. The number of anilines is 1. The van der Waals surface area contributed by atoms with E-state index in [1.54, 1.807) is 24.3 Å². The lowest BCUT2D eigenvalue weighted by Crippen LogP contribution is -2.20. The van der Waals surface area contributed by atoms with Gasteiger partial charge in [-0.25, -0.2) is 4.79 Å². The van der Waals surface area contributed by atoms with Crippen molar-refractivity contribution in [1.29, 1.82) is 0 Å². The van der Waals surface area contributed by atoms with Gasteiger partial charge in [0.05, 0.1) is 12.8 Å². The maximum absolute atomic E-state index is 11.7. The summed E-state index contributed by atoms with van der Waals surface area (Å²) in [6.07, 6.45) is -1.13. The fraction of sp³-hybridized carbons (Fsp3) is 0.125. The van der Waals surface area contributed by atoms with E-state index >= 15 is 0 Å². The standard InChI is InChI=1S/C16H12I3NO4/c1-8(21)20-13-10(17)7-11(18)15(12(13)19)24-14(16(22)23)9-5-3-2-4-6-9/h2-7,14H,1H3,(H,20,21)(H,22,23). The molecule has 0 spiro atoms. The lowest BCUT2D eigenvalue weighted by atomic mass is 10.1. The van der Waals surface area contributed by atoms with E-state index in [0.717, 1.165) is 7.14 Å². The molecule has 5 nitrogen and oxygen atoms in total. The molecule has 2 aromatic carbocycles. The molecule has 126 valence electrons. The number of carbonyl (C=O) groups excluding carboxylic acids is 1. The van der Waals surface area contributed by atoms with E-state index in [0.29, 0.717) is 20.6 Å². The van der Waals surface area contributed by atoms with Gasteiger partial charge in [0.1, 0.15) is 5.75 Å². The molecule has 0 radical (unpaired) electrons. The van der Waals surface area contributed by atoms with E-state index in [2.05, 4.69) is 73.1 Å². The van der Waals surface area contributed by atoms with E-state index in [1.807, 2.05) is 12.1 Å². The smallest absolute Gasteiger partial charge is 0.349 e. The summed E-state index contributed by atoms with van der Waals surface area (Å²) in [5.41, 5.74) is 1.17. The van der Waals surface area contributed by atoms with Gasteiger partial charge in [-0.05, 0) is 73.8 Å². The van der Waals surface area contributed by atoms with Crippen molar-refractivity contribution in [3.63, 3.8) is 0 Å². The Bertz CT molecular complexity index is 781. The van der Waals surface area contributed by atoms with Crippen molar-refractivity contribution in [2.75, 3.05) is 5.32 Å². The number of nitrogens with one attached hydrogen (secondary N) is 1. The molecule has 0 saturated heterocycles. The third-order valence-electron chi connectivity index (χ3n) is 2.99. The maximum atomic E-state index is 11.7. The van der Waals surface area contributed by atoms with Crippen LogP contribution in [0.25, 0.3) is 0 Å². The van der Waals surface area contributed by atoms with Crippen LogP contribution in [-0.2, 0) is 9.59 Å².